The Bertz CT molecular complexity index is 351. The minimum atomic E-state index is 0.287. The lowest BCUT2D eigenvalue weighted by atomic mass is 10.1. The molecule has 1 aromatic carbocycles. The minimum absolute atomic E-state index is 0.287. The molecule has 1 fully saturated rings. The average molecular weight is 186 g/mol. The Morgan fingerprint density at radius 2 is 2.07 bits per heavy atom. The fourth-order valence-electron chi connectivity index (χ4n) is 1.81. The van der Waals surface area contributed by atoms with Crippen molar-refractivity contribution in [2.45, 2.75) is 13.3 Å². The zero-order valence-electron chi connectivity index (χ0n) is 8.31. The van der Waals surface area contributed by atoms with Gasteiger partial charge in [0.05, 0.1) is 0 Å². The molecule has 1 aliphatic rings. The number of rotatable bonds is 3. The first-order valence-corrected chi connectivity index (χ1v) is 5.00. The molecule has 1 nitrogen and oxygen atoms in total. The second kappa shape index (κ2) is 3.79. The SMILES string of the molecule is C/C(=C/c1ccccc1)[C@H]1C[C@@H]1C=O. The van der Waals surface area contributed by atoms with Crippen molar-refractivity contribution in [3.63, 3.8) is 0 Å². The van der Waals surface area contributed by atoms with Crippen LogP contribution in [0.5, 0.6) is 0 Å². The zero-order chi connectivity index (χ0) is 9.97. The van der Waals surface area contributed by atoms with E-state index in [1.165, 1.54) is 11.1 Å². The molecule has 1 aromatic rings. The molecule has 1 heteroatoms. The molecule has 0 spiro atoms. The molecular formula is C13H14O. The van der Waals surface area contributed by atoms with Crippen LogP contribution in [0.1, 0.15) is 18.9 Å². The van der Waals surface area contributed by atoms with Crippen LogP contribution < -0.4 is 0 Å². The van der Waals surface area contributed by atoms with Gasteiger partial charge in [0.1, 0.15) is 6.29 Å². The van der Waals surface area contributed by atoms with Gasteiger partial charge >= 0.3 is 0 Å². The van der Waals surface area contributed by atoms with Gasteiger partial charge in [0, 0.05) is 5.92 Å². The van der Waals surface area contributed by atoms with E-state index in [9.17, 15) is 4.79 Å². The van der Waals surface area contributed by atoms with Gasteiger partial charge in [-0.1, -0.05) is 42.0 Å². The van der Waals surface area contributed by atoms with Crippen molar-refractivity contribution in [1.82, 2.24) is 0 Å². The number of allylic oxidation sites excluding steroid dienone is 1. The van der Waals surface area contributed by atoms with Crippen LogP contribution in [-0.4, -0.2) is 6.29 Å². The summed E-state index contributed by atoms with van der Waals surface area (Å²) in [7, 11) is 0. The van der Waals surface area contributed by atoms with Gasteiger partial charge in [-0.15, -0.1) is 0 Å². The Hall–Kier alpha value is -1.37. The molecule has 0 heterocycles. The van der Waals surface area contributed by atoms with Crippen molar-refractivity contribution < 1.29 is 4.79 Å². The molecule has 14 heavy (non-hydrogen) atoms. The Balaban J connectivity index is 2.08. The molecule has 1 saturated carbocycles. The van der Waals surface area contributed by atoms with Crippen LogP contribution >= 0.6 is 0 Å². The first-order chi connectivity index (χ1) is 6.81. The third kappa shape index (κ3) is 1.92. The van der Waals surface area contributed by atoms with E-state index in [-0.39, 0.29) is 5.92 Å². The van der Waals surface area contributed by atoms with Crippen LogP contribution in [0.3, 0.4) is 0 Å². The molecule has 0 saturated heterocycles. The molecule has 0 amide bonds. The van der Waals surface area contributed by atoms with E-state index in [1.54, 1.807) is 0 Å². The lowest BCUT2D eigenvalue weighted by Gasteiger charge is -1.98. The van der Waals surface area contributed by atoms with E-state index in [0.717, 1.165) is 12.7 Å². The molecule has 0 radical (unpaired) electrons. The number of carbonyl (C=O) groups excluding carboxylic acids is 1. The minimum Gasteiger partial charge on any atom is -0.303 e. The highest BCUT2D eigenvalue weighted by atomic mass is 16.1. The van der Waals surface area contributed by atoms with Crippen molar-refractivity contribution in [3.8, 4) is 0 Å². The van der Waals surface area contributed by atoms with Gasteiger partial charge in [-0.25, -0.2) is 0 Å². The van der Waals surface area contributed by atoms with Crippen molar-refractivity contribution >= 4 is 12.4 Å². The smallest absolute Gasteiger partial charge is 0.123 e. The van der Waals surface area contributed by atoms with Crippen LogP contribution in [0.2, 0.25) is 0 Å². The topological polar surface area (TPSA) is 17.1 Å². The molecular weight excluding hydrogens is 172 g/mol. The van der Waals surface area contributed by atoms with E-state index in [0.29, 0.717) is 5.92 Å². The second-order valence-electron chi connectivity index (χ2n) is 3.94. The number of benzene rings is 1. The summed E-state index contributed by atoms with van der Waals surface area (Å²) in [6.45, 7) is 2.11. The lowest BCUT2D eigenvalue weighted by Crippen LogP contribution is -1.85. The third-order valence-electron chi connectivity index (χ3n) is 2.79. The molecule has 1 aliphatic carbocycles. The molecule has 0 N–H and O–H groups in total. The van der Waals surface area contributed by atoms with Crippen LogP contribution in [0, 0.1) is 11.8 Å². The maximum absolute atomic E-state index is 10.5. The molecule has 0 bridgehead atoms. The van der Waals surface area contributed by atoms with E-state index < -0.39 is 0 Å². The van der Waals surface area contributed by atoms with E-state index in [2.05, 4.69) is 25.1 Å². The summed E-state index contributed by atoms with van der Waals surface area (Å²) in [6.07, 6.45) is 4.29. The van der Waals surface area contributed by atoms with Crippen molar-refractivity contribution in [1.29, 1.82) is 0 Å². The Morgan fingerprint density at radius 3 is 2.64 bits per heavy atom. The predicted octanol–water partition coefficient (Wildman–Crippen LogP) is 2.92. The van der Waals surface area contributed by atoms with Crippen LogP contribution in [0.4, 0.5) is 0 Å². The summed E-state index contributed by atoms with van der Waals surface area (Å²) in [6, 6.07) is 10.2. The van der Waals surface area contributed by atoms with Crippen molar-refractivity contribution in [3.05, 3.63) is 41.5 Å². The number of hydrogen-bond donors (Lipinski definition) is 0. The lowest BCUT2D eigenvalue weighted by molar-refractivity contribution is -0.109. The normalized spacial score (nSPS) is 25.9. The average Bonchev–Trinajstić information content (AvgIpc) is 2.98. The van der Waals surface area contributed by atoms with Crippen LogP contribution in [0.15, 0.2) is 35.9 Å². The number of carbonyl (C=O) groups is 1. The summed E-state index contributed by atoms with van der Waals surface area (Å²) in [4.78, 5) is 10.5. The fraction of sp³-hybridized carbons (Fsp3) is 0.308. The summed E-state index contributed by atoms with van der Waals surface area (Å²) >= 11 is 0. The monoisotopic (exact) mass is 186 g/mol. The highest BCUT2D eigenvalue weighted by Gasteiger charge is 2.37. The largest absolute Gasteiger partial charge is 0.303 e. The predicted molar refractivity (Wildman–Crippen MR) is 57.8 cm³/mol. The summed E-state index contributed by atoms with van der Waals surface area (Å²) in [5.41, 5.74) is 2.55. The standard InChI is InChI=1S/C13H14O/c1-10(13-8-12(13)9-14)7-11-5-3-2-4-6-11/h2-7,9,12-13H,8H2,1H3/b10-7-/t12-,13-/m1/s1. The van der Waals surface area contributed by atoms with Gasteiger partial charge in [-0.3, -0.25) is 0 Å². The first-order valence-electron chi connectivity index (χ1n) is 5.00. The Kier molecular flexibility index (Phi) is 2.49. The Labute approximate surface area is 84.5 Å². The van der Waals surface area contributed by atoms with E-state index >= 15 is 0 Å². The van der Waals surface area contributed by atoms with Crippen molar-refractivity contribution in [2.24, 2.45) is 11.8 Å². The summed E-state index contributed by atoms with van der Waals surface area (Å²) in [5, 5.41) is 0. The third-order valence-corrected chi connectivity index (χ3v) is 2.79. The molecule has 2 rings (SSSR count). The molecule has 72 valence electrons. The molecule has 2 atom stereocenters. The highest BCUT2D eigenvalue weighted by Crippen LogP contribution is 2.42. The van der Waals surface area contributed by atoms with Crippen molar-refractivity contribution in [2.75, 3.05) is 0 Å². The number of aldehydes is 1. The first kappa shape index (κ1) is 9.20. The zero-order valence-corrected chi connectivity index (χ0v) is 8.31. The molecule has 0 aliphatic heterocycles. The quantitative estimate of drug-likeness (QED) is 0.663. The number of hydrogen-bond acceptors (Lipinski definition) is 1. The molecule has 0 unspecified atom stereocenters. The Morgan fingerprint density at radius 1 is 1.36 bits per heavy atom. The van der Waals surface area contributed by atoms with E-state index in [4.69, 9.17) is 0 Å². The van der Waals surface area contributed by atoms with Gasteiger partial charge in [-0.05, 0) is 24.8 Å². The van der Waals surface area contributed by atoms with Gasteiger partial charge in [0.2, 0.25) is 0 Å². The highest BCUT2D eigenvalue weighted by molar-refractivity contribution is 5.63. The molecule has 0 aromatic heterocycles. The van der Waals surface area contributed by atoms with Gasteiger partial charge in [0.25, 0.3) is 0 Å². The van der Waals surface area contributed by atoms with Gasteiger partial charge < -0.3 is 4.79 Å². The fourth-order valence-corrected chi connectivity index (χ4v) is 1.81. The van der Waals surface area contributed by atoms with E-state index in [1.807, 2.05) is 18.2 Å². The van der Waals surface area contributed by atoms with Crippen LogP contribution in [-0.2, 0) is 4.79 Å². The summed E-state index contributed by atoms with van der Waals surface area (Å²) in [5.74, 6) is 0.794. The van der Waals surface area contributed by atoms with Gasteiger partial charge in [0.15, 0.2) is 0 Å². The van der Waals surface area contributed by atoms with Gasteiger partial charge in [-0.2, -0.15) is 0 Å². The summed E-state index contributed by atoms with van der Waals surface area (Å²) < 4.78 is 0. The second-order valence-corrected chi connectivity index (χ2v) is 3.94. The maximum Gasteiger partial charge on any atom is 0.123 e. The maximum atomic E-state index is 10.5. The van der Waals surface area contributed by atoms with Crippen LogP contribution in [0.25, 0.3) is 6.08 Å².